The molecule has 0 atom stereocenters. The molecule has 1 aromatic rings. The van der Waals surface area contributed by atoms with Gasteiger partial charge in [0, 0.05) is 6.07 Å². The van der Waals surface area contributed by atoms with Gasteiger partial charge in [0.05, 0.1) is 0 Å². The Bertz CT molecular complexity index is 327. The molecule has 0 spiro atoms. The molecule has 1 rings (SSSR count). The minimum atomic E-state index is -0.622. The predicted octanol–water partition coefficient (Wildman–Crippen LogP) is 2.64. The van der Waals surface area contributed by atoms with Gasteiger partial charge in [0.15, 0.2) is 11.6 Å². The van der Waals surface area contributed by atoms with Crippen molar-refractivity contribution in [3.63, 3.8) is 0 Å². The van der Waals surface area contributed by atoms with Crippen molar-refractivity contribution in [3.8, 4) is 5.75 Å². The molecule has 0 fully saturated rings. The van der Waals surface area contributed by atoms with Crippen molar-refractivity contribution in [2.24, 2.45) is 0 Å². The quantitative estimate of drug-likeness (QED) is 0.487. The van der Waals surface area contributed by atoms with Crippen LogP contribution in [0.5, 0.6) is 5.75 Å². The third kappa shape index (κ3) is 1.94. The van der Waals surface area contributed by atoms with E-state index in [9.17, 15) is 8.78 Å². The van der Waals surface area contributed by atoms with E-state index in [1.54, 1.807) is 0 Å². The van der Waals surface area contributed by atoms with E-state index < -0.39 is 11.6 Å². The maximum atomic E-state index is 12.7. The van der Waals surface area contributed by atoms with Crippen molar-refractivity contribution in [2.75, 3.05) is 0 Å². The highest BCUT2D eigenvalue weighted by atomic mass is 19.1. The maximum Gasteiger partial charge on any atom is 0.166 e. The SMILES string of the molecule is C=C=COc1cc(F)ccc1F. The van der Waals surface area contributed by atoms with Gasteiger partial charge in [-0.3, -0.25) is 0 Å². The summed E-state index contributed by atoms with van der Waals surface area (Å²) in [6.07, 6.45) is 1.05. The molecule has 12 heavy (non-hydrogen) atoms. The van der Waals surface area contributed by atoms with E-state index in [2.05, 4.69) is 17.0 Å². The van der Waals surface area contributed by atoms with Crippen molar-refractivity contribution in [1.29, 1.82) is 0 Å². The normalized spacial score (nSPS) is 8.83. The van der Waals surface area contributed by atoms with Crippen LogP contribution in [0.3, 0.4) is 0 Å². The fourth-order valence-corrected chi connectivity index (χ4v) is 0.673. The van der Waals surface area contributed by atoms with Crippen LogP contribution in [-0.4, -0.2) is 0 Å². The van der Waals surface area contributed by atoms with Gasteiger partial charge in [-0.2, -0.15) is 0 Å². The van der Waals surface area contributed by atoms with Crippen molar-refractivity contribution in [3.05, 3.63) is 48.4 Å². The van der Waals surface area contributed by atoms with Crippen LogP contribution in [0.4, 0.5) is 8.78 Å². The third-order valence-electron chi connectivity index (χ3n) is 1.16. The summed E-state index contributed by atoms with van der Waals surface area (Å²) in [7, 11) is 0. The molecule has 62 valence electrons. The average Bonchev–Trinajstić information content (AvgIpc) is 2.07. The zero-order valence-electron chi connectivity index (χ0n) is 6.18. The number of rotatable bonds is 2. The molecule has 0 aliphatic carbocycles. The first-order chi connectivity index (χ1) is 5.74. The summed E-state index contributed by atoms with van der Waals surface area (Å²) < 4.78 is 29.9. The van der Waals surface area contributed by atoms with Gasteiger partial charge in [0.2, 0.25) is 0 Å². The van der Waals surface area contributed by atoms with E-state index in [0.29, 0.717) is 0 Å². The summed E-state index contributed by atoms with van der Waals surface area (Å²) in [4.78, 5) is 0. The van der Waals surface area contributed by atoms with E-state index in [-0.39, 0.29) is 5.75 Å². The number of halogens is 2. The minimum absolute atomic E-state index is 0.175. The summed E-state index contributed by atoms with van der Waals surface area (Å²) in [5.41, 5.74) is 2.28. The Kier molecular flexibility index (Phi) is 2.62. The topological polar surface area (TPSA) is 9.23 Å². The zero-order valence-corrected chi connectivity index (χ0v) is 6.18. The molecule has 0 radical (unpaired) electrons. The summed E-state index contributed by atoms with van der Waals surface area (Å²) >= 11 is 0. The Morgan fingerprint density at radius 3 is 2.83 bits per heavy atom. The zero-order chi connectivity index (χ0) is 8.97. The molecule has 0 amide bonds. The van der Waals surface area contributed by atoms with Crippen LogP contribution in [0.15, 0.2) is 36.8 Å². The molecule has 0 aliphatic heterocycles. The second kappa shape index (κ2) is 3.69. The molecule has 1 nitrogen and oxygen atoms in total. The smallest absolute Gasteiger partial charge is 0.166 e. The van der Waals surface area contributed by atoms with Crippen molar-refractivity contribution < 1.29 is 13.5 Å². The number of benzene rings is 1. The first-order valence-electron chi connectivity index (χ1n) is 3.20. The Hall–Kier alpha value is -1.60. The highest BCUT2D eigenvalue weighted by Gasteiger charge is 2.02. The lowest BCUT2D eigenvalue weighted by atomic mass is 10.3. The van der Waals surface area contributed by atoms with Crippen LogP contribution in [0, 0.1) is 11.6 Å². The second-order valence-corrected chi connectivity index (χ2v) is 2.01. The average molecular weight is 168 g/mol. The monoisotopic (exact) mass is 168 g/mol. The third-order valence-corrected chi connectivity index (χ3v) is 1.16. The van der Waals surface area contributed by atoms with Crippen LogP contribution in [0.2, 0.25) is 0 Å². The van der Waals surface area contributed by atoms with Gasteiger partial charge in [0.25, 0.3) is 0 Å². The summed E-state index contributed by atoms with van der Waals surface area (Å²) in [5, 5.41) is 0. The molecular formula is C9H6F2O. The molecule has 0 saturated carbocycles. The van der Waals surface area contributed by atoms with E-state index in [1.165, 1.54) is 0 Å². The van der Waals surface area contributed by atoms with Crippen molar-refractivity contribution >= 4 is 0 Å². The highest BCUT2D eigenvalue weighted by molar-refractivity contribution is 5.25. The standard InChI is InChI=1S/C9H6F2O/c1-2-5-12-9-6-7(10)3-4-8(9)11/h3-6H,1H2. The second-order valence-electron chi connectivity index (χ2n) is 2.01. The Morgan fingerprint density at radius 2 is 2.17 bits per heavy atom. The van der Waals surface area contributed by atoms with Crippen LogP contribution in [0.1, 0.15) is 0 Å². The number of ether oxygens (including phenoxy) is 1. The lowest BCUT2D eigenvalue weighted by Gasteiger charge is -1.99. The Morgan fingerprint density at radius 1 is 1.42 bits per heavy atom. The van der Waals surface area contributed by atoms with E-state index in [0.717, 1.165) is 24.5 Å². The Labute approximate surface area is 68.6 Å². The first kappa shape index (κ1) is 8.50. The van der Waals surface area contributed by atoms with Crippen LogP contribution < -0.4 is 4.74 Å². The van der Waals surface area contributed by atoms with Crippen molar-refractivity contribution in [1.82, 2.24) is 0 Å². The molecule has 0 heterocycles. The van der Waals surface area contributed by atoms with Crippen LogP contribution >= 0.6 is 0 Å². The van der Waals surface area contributed by atoms with Gasteiger partial charge in [0.1, 0.15) is 12.1 Å². The highest BCUT2D eigenvalue weighted by Crippen LogP contribution is 2.17. The largest absolute Gasteiger partial charge is 0.454 e. The molecule has 0 bridgehead atoms. The van der Waals surface area contributed by atoms with Gasteiger partial charge in [-0.1, -0.05) is 12.3 Å². The Balaban J connectivity index is 2.96. The van der Waals surface area contributed by atoms with Crippen LogP contribution in [-0.2, 0) is 0 Å². The van der Waals surface area contributed by atoms with Crippen molar-refractivity contribution in [2.45, 2.75) is 0 Å². The first-order valence-corrected chi connectivity index (χ1v) is 3.20. The molecular weight excluding hydrogens is 162 g/mol. The maximum absolute atomic E-state index is 12.7. The van der Waals surface area contributed by atoms with E-state index in [4.69, 9.17) is 0 Å². The molecule has 0 saturated heterocycles. The van der Waals surface area contributed by atoms with Crippen LogP contribution in [0.25, 0.3) is 0 Å². The van der Waals surface area contributed by atoms with Gasteiger partial charge in [-0.05, 0) is 12.1 Å². The molecule has 0 N–H and O–H groups in total. The molecule has 0 unspecified atom stereocenters. The molecule has 0 aliphatic rings. The van der Waals surface area contributed by atoms with Gasteiger partial charge >= 0.3 is 0 Å². The predicted molar refractivity (Wildman–Crippen MR) is 40.7 cm³/mol. The fraction of sp³-hybridized carbons (Fsp3) is 0. The van der Waals surface area contributed by atoms with E-state index in [1.807, 2.05) is 0 Å². The van der Waals surface area contributed by atoms with Gasteiger partial charge in [-0.15, -0.1) is 0 Å². The lowest BCUT2D eigenvalue weighted by molar-refractivity contribution is 0.436. The summed E-state index contributed by atoms with van der Waals surface area (Å²) in [6.45, 7) is 3.21. The van der Waals surface area contributed by atoms with Gasteiger partial charge in [-0.25, -0.2) is 8.78 Å². The molecule has 0 aromatic heterocycles. The van der Waals surface area contributed by atoms with Gasteiger partial charge < -0.3 is 4.74 Å². The number of hydrogen-bond donors (Lipinski definition) is 0. The summed E-state index contributed by atoms with van der Waals surface area (Å²) in [5.74, 6) is -1.35. The summed E-state index contributed by atoms with van der Waals surface area (Å²) in [6, 6.07) is 2.95. The van der Waals surface area contributed by atoms with E-state index >= 15 is 0 Å². The lowest BCUT2D eigenvalue weighted by Crippen LogP contribution is -1.87. The number of hydrogen-bond acceptors (Lipinski definition) is 1. The molecule has 1 aromatic carbocycles. The fourth-order valence-electron chi connectivity index (χ4n) is 0.673. The molecule has 3 heteroatoms. The minimum Gasteiger partial charge on any atom is -0.454 e.